The number of carbonyl (C=O) groups excluding carboxylic acids is 2. The summed E-state index contributed by atoms with van der Waals surface area (Å²) in [5.74, 6) is 0. The molecule has 0 radical (unpaired) electrons. The molecule has 0 saturated carbocycles. The van der Waals surface area contributed by atoms with Gasteiger partial charge in [0.25, 0.3) is 0 Å². The molecule has 0 spiro atoms. The zero-order valence-corrected chi connectivity index (χ0v) is 13.9. The number of nitrogens with zero attached hydrogens (tertiary/aromatic N) is 1. The Balaban J connectivity index is 2.78. The Morgan fingerprint density at radius 2 is 2.19 bits per heavy atom. The van der Waals surface area contributed by atoms with Crippen LogP contribution < -0.4 is 5.32 Å². The zero-order chi connectivity index (χ0) is 16.0. The number of ether oxygens (including phenoxy) is 1. The summed E-state index contributed by atoms with van der Waals surface area (Å²) in [6.45, 7) is 9.17. The molecule has 1 rings (SSSR count). The first kappa shape index (κ1) is 17.4. The lowest BCUT2D eigenvalue weighted by molar-refractivity contribution is -0.108. The molecule has 0 fully saturated rings. The van der Waals surface area contributed by atoms with Crippen molar-refractivity contribution in [1.29, 1.82) is 0 Å². The minimum Gasteiger partial charge on any atom is -0.444 e. The van der Waals surface area contributed by atoms with Crippen molar-refractivity contribution in [2.45, 2.75) is 52.7 Å². The molecular weight excluding hydrogens is 288 g/mol. The van der Waals surface area contributed by atoms with Gasteiger partial charge in [-0.3, -0.25) is 0 Å². The Bertz CT molecular complexity index is 529. The van der Waals surface area contributed by atoms with Gasteiger partial charge in [-0.2, -0.15) is 0 Å². The van der Waals surface area contributed by atoms with Crippen LogP contribution in [0.2, 0.25) is 0 Å². The molecule has 0 saturated heterocycles. The first-order valence-corrected chi connectivity index (χ1v) is 7.62. The Morgan fingerprint density at radius 3 is 2.67 bits per heavy atom. The highest BCUT2D eigenvalue weighted by Gasteiger charge is 2.20. The predicted molar refractivity (Wildman–Crippen MR) is 84.3 cm³/mol. The number of aldehydes is 1. The van der Waals surface area contributed by atoms with Crippen LogP contribution in [0.15, 0.2) is 11.0 Å². The lowest BCUT2D eigenvalue weighted by atomic mass is 10.1. The van der Waals surface area contributed by atoms with E-state index in [1.165, 1.54) is 0 Å². The molecule has 21 heavy (non-hydrogen) atoms. The highest BCUT2D eigenvalue weighted by atomic mass is 32.1. The van der Waals surface area contributed by atoms with Crippen LogP contribution in [-0.2, 0) is 9.53 Å². The molecule has 1 atom stereocenters. The monoisotopic (exact) mass is 310 g/mol. The Kier molecular flexibility index (Phi) is 6.08. The van der Waals surface area contributed by atoms with E-state index in [0.29, 0.717) is 0 Å². The number of hydrogen-bond acceptors (Lipinski definition) is 5. The summed E-state index contributed by atoms with van der Waals surface area (Å²) >= 11 is 1.56. The molecule has 1 amide bonds. The number of rotatable bonds is 5. The van der Waals surface area contributed by atoms with Gasteiger partial charge in [-0.15, -0.1) is 11.3 Å². The molecule has 1 unspecified atom stereocenters. The van der Waals surface area contributed by atoms with E-state index >= 15 is 0 Å². The van der Waals surface area contributed by atoms with Gasteiger partial charge in [-0.05, 0) is 46.3 Å². The van der Waals surface area contributed by atoms with E-state index in [0.717, 1.165) is 22.6 Å². The Labute approximate surface area is 129 Å². The summed E-state index contributed by atoms with van der Waals surface area (Å²) in [4.78, 5) is 27.0. The minimum absolute atomic E-state index is 0.199. The molecule has 0 bridgehead atoms. The van der Waals surface area contributed by atoms with Crippen molar-refractivity contribution in [2.24, 2.45) is 0 Å². The van der Waals surface area contributed by atoms with Gasteiger partial charge in [0.05, 0.1) is 16.7 Å². The molecule has 1 heterocycles. The third-order valence-corrected chi connectivity index (χ3v) is 3.38. The number of carbonyl (C=O) groups is 2. The highest BCUT2D eigenvalue weighted by molar-refractivity contribution is 7.09. The minimum atomic E-state index is -0.570. The summed E-state index contributed by atoms with van der Waals surface area (Å²) in [6.07, 6.45) is 2.32. The second-order valence-corrected chi connectivity index (χ2v) is 6.84. The largest absolute Gasteiger partial charge is 0.444 e. The fourth-order valence-corrected chi connectivity index (χ4v) is 2.26. The number of amides is 1. The molecular formula is C15H22N2O3S. The second-order valence-electron chi connectivity index (χ2n) is 5.78. The highest BCUT2D eigenvalue weighted by Crippen LogP contribution is 2.15. The van der Waals surface area contributed by atoms with Gasteiger partial charge in [0.1, 0.15) is 11.9 Å². The Hall–Kier alpha value is -1.69. The lowest BCUT2D eigenvalue weighted by Gasteiger charge is -2.23. The molecule has 116 valence electrons. The number of alkyl carbamates (subject to hydrolysis) is 1. The van der Waals surface area contributed by atoms with Crippen LogP contribution in [-0.4, -0.2) is 29.0 Å². The van der Waals surface area contributed by atoms with E-state index in [9.17, 15) is 9.59 Å². The first-order valence-electron chi connectivity index (χ1n) is 6.74. The maximum Gasteiger partial charge on any atom is 0.408 e. The van der Waals surface area contributed by atoms with Crippen molar-refractivity contribution in [1.82, 2.24) is 10.3 Å². The summed E-state index contributed by atoms with van der Waals surface area (Å²) in [5.41, 5.74) is 1.12. The second kappa shape index (κ2) is 7.36. The standard InChI is InChI=1S/C15H22N2O3S/c1-10(8-12-9-21-11(2)16-12)13(6-7-18)17-14(19)20-15(3,4)5/h7-9,13H,6H2,1-5H3,(H,17,19)/b10-8+. The van der Waals surface area contributed by atoms with Crippen LogP contribution in [0.25, 0.3) is 6.08 Å². The van der Waals surface area contributed by atoms with E-state index in [1.807, 2.05) is 25.3 Å². The number of nitrogens with one attached hydrogen (secondary N) is 1. The van der Waals surface area contributed by atoms with Crippen molar-refractivity contribution in [3.05, 3.63) is 21.7 Å². The number of aryl methyl sites for hydroxylation is 1. The van der Waals surface area contributed by atoms with Gasteiger partial charge in [-0.1, -0.05) is 0 Å². The normalized spacial score (nSPS) is 13.7. The van der Waals surface area contributed by atoms with E-state index in [1.54, 1.807) is 32.1 Å². The summed E-state index contributed by atoms with van der Waals surface area (Å²) in [7, 11) is 0. The summed E-state index contributed by atoms with van der Waals surface area (Å²) in [6, 6.07) is -0.389. The van der Waals surface area contributed by atoms with Gasteiger partial charge in [-0.25, -0.2) is 9.78 Å². The van der Waals surface area contributed by atoms with Gasteiger partial charge < -0.3 is 14.8 Å². The van der Waals surface area contributed by atoms with Gasteiger partial charge in [0.15, 0.2) is 0 Å². The summed E-state index contributed by atoms with van der Waals surface area (Å²) < 4.78 is 5.21. The van der Waals surface area contributed by atoms with Crippen LogP contribution in [0.1, 0.15) is 44.8 Å². The average molecular weight is 310 g/mol. The molecule has 0 aliphatic rings. The van der Waals surface area contributed by atoms with Crippen LogP contribution in [0, 0.1) is 6.92 Å². The number of aromatic nitrogens is 1. The fourth-order valence-electron chi connectivity index (χ4n) is 1.69. The third-order valence-electron chi connectivity index (χ3n) is 2.58. The smallest absolute Gasteiger partial charge is 0.408 e. The summed E-state index contributed by atoms with van der Waals surface area (Å²) in [5, 5.41) is 5.62. The molecule has 0 aliphatic carbocycles. The third kappa shape index (κ3) is 6.53. The SMILES string of the molecule is C/C(=C\c1csc(C)n1)C(CC=O)NC(=O)OC(C)(C)C. The maximum atomic E-state index is 11.8. The van der Waals surface area contributed by atoms with Crippen LogP contribution in [0.5, 0.6) is 0 Å². The van der Waals surface area contributed by atoms with Gasteiger partial charge >= 0.3 is 6.09 Å². The number of thiazole rings is 1. The Morgan fingerprint density at radius 1 is 1.52 bits per heavy atom. The lowest BCUT2D eigenvalue weighted by Crippen LogP contribution is -2.40. The predicted octanol–water partition coefficient (Wildman–Crippen LogP) is 3.34. The maximum absolute atomic E-state index is 11.8. The van der Waals surface area contributed by atoms with E-state index in [-0.39, 0.29) is 12.5 Å². The fraction of sp³-hybridized carbons (Fsp3) is 0.533. The average Bonchev–Trinajstić information content (AvgIpc) is 2.71. The molecule has 0 aromatic carbocycles. The van der Waals surface area contributed by atoms with Crippen molar-refractivity contribution in [2.75, 3.05) is 0 Å². The first-order chi connectivity index (χ1) is 9.71. The zero-order valence-electron chi connectivity index (χ0n) is 13.1. The van der Waals surface area contributed by atoms with Gasteiger partial charge in [0.2, 0.25) is 0 Å². The van der Waals surface area contributed by atoms with Crippen LogP contribution >= 0.6 is 11.3 Å². The van der Waals surface area contributed by atoms with Crippen molar-refractivity contribution in [3.8, 4) is 0 Å². The molecule has 1 aromatic heterocycles. The van der Waals surface area contributed by atoms with E-state index < -0.39 is 11.7 Å². The van der Waals surface area contributed by atoms with Crippen LogP contribution in [0.3, 0.4) is 0 Å². The molecule has 1 N–H and O–H groups in total. The molecule has 5 nitrogen and oxygen atoms in total. The quantitative estimate of drug-likeness (QED) is 0.847. The van der Waals surface area contributed by atoms with Crippen LogP contribution in [0.4, 0.5) is 4.79 Å². The van der Waals surface area contributed by atoms with Crippen molar-refractivity contribution in [3.63, 3.8) is 0 Å². The number of hydrogen-bond donors (Lipinski definition) is 1. The van der Waals surface area contributed by atoms with Crippen molar-refractivity contribution >= 4 is 29.8 Å². The molecule has 1 aromatic rings. The van der Waals surface area contributed by atoms with E-state index in [4.69, 9.17) is 4.74 Å². The van der Waals surface area contributed by atoms with E-state index in [2.05, 4.69) is 10.3 Å². The van der Waals surface area contributed by atoms with Gasteiger partial charge in [0, 0.05) is 11.8 Å². The molecule has 0 aliphatic heterocycles. The topological polar surface area (TPSA) is 68.3 Å². The molecule has 6 heteroatoms. The van der Waals surface area contributed by atoms with Crippen molar-refractivity contribution < 1.29 is 14.3 Å².